The zero-order chi connectivity index (χ0) is 11.3. The normalized spacial score (nSPS) is 9.27. The Morgan fingerprint density at radius 3 is 2.47 bits per heavy atom. The maximum absolute atomic E-state index is 11.1. The van der Waals surface area contributed by atoms with Crippen molar-refractivity contribution in [1.82, 2.24) is 0 Å². The number of aryl methyl sites for hydroxylation is 1. The van der Waals surface area contributed by atoms with E-state index in [0.29, 0.717) is 9.22 Å². The summed E-state index contributed by atoms with van der Waals surface area (Å²) < 4.78 is 0.314. The van der Waals surface area contributed by atoms with Crippen LogP contribution in [0.1, 0.15) is 5.56 Å². The summed E-state index contributed by atoms with van der Waals surface area (Å²) in [5.74, 6) is 0. The van der Waals surface area contributed by atoms with Crippen molar-refractivity contribution in [1.29, 1.82) is 0 Å². The smallest absolute Gasteiger partial charge is 0.296 e. The van der Waals surface area contributed by atoms with E-state index >= 15 is 0 Å². The van der Waals surface area contributed by atoms with E-state index in [0.717, 1.165) is 5.56 Å². The molecule has 1 amide bonds. The Morgan fingerprint density at radius 2 is 1.93 bits per heavy atom. The van der Waals surface area contributed by atoms with Crippen LogP contribution in [0.5, 0.6) is 0 Å². The number of anilines is 1. The lowest BCUT2D eigenvalue weighted by Gasteiger charge is -2.02. The van der Waals surface area contributed by atoms with Crippen molar-refractivity contribution in [2.45, 2.75) is 6.92 Å². The molecule has 1 aromatic rings. The summed E-state index contributed by atoms with van der Waals surface area (Å²) in [5.41, 5.74) is 1.78. The van der Waals surface area contributed by atoms with Gasteiger partial charge in [-0.25, -0.2) is 4.79 Å². The van der Waals surface area contributed by atoms with Crippen LogP contribution in [-0.4, -0.2) is 9.62 Å². The van der Waals surface area contributed by atoms with Crippen LogP contribution >= 0.6 is 31.9 Å². The molecule has 0 aromatic heterocycles. The van der Waals surface area contributed by atoms with Crippen molar-refractivity contribution in [3.63, 3.8) is 0 Å². The highest BCUT2D eigenvalue weighted by atomic mass is 79.9. The van der Waals surface area contributed by atoms with Gasteiger partial charge in [0.1, 0.15) is 0 Å². The fourth-order valence-electron chi connectivity index (χ4n) is 0.854. The topological polar surface area (TPSA) is 50.7 Å². The highest BCUT2D eigenvalue weighted by Crippen LogP contribution is 2.09. The number of nitrogens with zero attached hydrogens (tertiary/aromatic N) is 1. The van der Waals surface area contributed by atoms with Crippen LogP contribution in [0.2, 0.25) is 0 Å². The van der Waals surface area contributed by atoms with Crippen LogP contribution < -0.4 is 5.32 Å². The first-order valence-electron chi connectivity index (χ1n) is 4.01. The number of hydrogen-bond acceptors (Lipinski definition) is 3. The molecule has 80 valence electrons. The Hall–Kier alpha value is -0.880. The van der Waals surface area contributed by atoms with Gasteiger partial charge in [-0.1, -0.05) is 22.9 Å². The van der Waals surface area contributed by atoms with Gasteiger partial charge in [0.15, 0.2) is 3.53 Å². The average molecular weight is 336 g/mol. The van der Waals surface area contributed by atoms with E-state index in [4.69, 9.17) is 0 Å². The fourth-order valence-corrected chi connectivity index (χ4v) is 0.998. The molecule has 0 atom stereocenters. The molecular formula is C9H8Br2N2O2. The molecule has 0 fully saturated rings. The first-order chi connectivity index (χ1) is 7.08. The third kappa shape index (κ3) is 4.94. The fraction of sp³-hybridized carbons (Fsp3) is 0.111. The minimum absolute atomic E-state index is 0.314. The number of oxime groups is 1. The zero-order valence-electron chi connectivity index (χ0n) is 7.83. The summed E-state index contributed by atoms with van der Waals surface area (Å²) >= 11 is 5.92. The number of nitrogens with one attached hydrogen (secondary N) is 1. The summed E-state index contributed by atoms with van der Waals surface area (Å²) in [5, 5.41) is 5.89. The third-order valence-electron chi connectivity index (χ3n) is 1.50. The van der Waals surface area contributed by atoms with Gasteiger partial charge in [-0.15, -0.1) is 0 Å². The van der Waals surface area contributed by atoms with Gasteiger partial charge in [0.2, 0.25) is 0 Å². The van der Waals surface area contributed by atoms with Gasteiger partial charge in [0.05, 0.1) is 0 Å². The predicted octanol–water partition coefficient (Wildman–Crippen LogP) is 3.60. The second-order valence-electron chi connectivity index (χ2n) is 2.70. The highest BCUT2D eigenvalue weighted by molar-refractivity contribution is 9.39. The summed E-state index contributed by atoms with van der Waals surface area (Å²) in [6.07, 6.45) is -0.643. The number of amides is 1. The van der Waals surface area contributed by atoms with E-state index in [1.54, 1.807) is 12.1 Å². The molecule has 1 aromatic carbocycles. The second kappa shape index (κ2) is 5.87. The van der Waals surface area contributed by atoms with Crippen LogP contribution in [0.3, 0.4) is 0 Å². The highest BCUT2D eigenvalue weighted by Gasteiger charge is 2.02. The number of rotatable bonds is 2. The van der Waals surface area contributed by atoms with Crippen molar-refractivity contribution in [2.24, 2.45) is 5.16 Å². The maximum Gasteiger partial charge on any atom is 0.437 e. The van der Waals surface area contributed by atoms with Crippen molar-refractivity contribution in [2.75, 3.05) is 5.32 Å². The van der Waals surface area contributed by atoms with Gasteiger partial charge >= 0.3 is 6.09 Å². The van der Waals surface area contributed by atoms with Crippen LogP contribution in [0.25, 0.3) is 0 Å². The van der Waals surface area contributed by atoms with Crippen molar-refractivity contribution in [3.8, 4) is 0 Å². The number of carbonyl (C=O) groups is 1. The summed E-state index contributed by atoms with van der Waals surface area (Å²) in [6.45, 7) is 1.97. The van der Waals surface area contributed by atoms with E-state index < -0.39 is 6.09 Å². The minimum atomic E-state index is -0.643. The molecule has 0 heterocycles. The van der Waals surface area contributed by atoms with Gasteiger partial charge < -0.3 is 0 Å². The zero-order valence-corrected chi connectivity index (χ0v) is 11.0. The molecule has 0 radical (unpaired) electrons. The van der Waals surface area contributed by atoms with Crippen molar-refractivity contribution < 1.29 is 9.63 Å². The summed E-state index contributed by atoms with van der Waals surface area (Å²) in [7, 11) is 0. The van der Waals surface area contributed by atoms with Gasteiger partial charge in [-0.3, -0.25) is 10.2 Å². The Labute approximate surface area is 104 Å². The lowest BCUT2D eigenvalue weighted by atomic mass is 10.2. The number of benzene rings is 1. The van der Waals surface area contributed by atoms with Crippen LogP contribution in [0.15, 0.2) is 29.4 Å². The van der Waals surface area contributed by atoms with Gasteiger partial charge in [-0.05, 0) is 50.9 Å². The molecule has 0 spiro atoms. The first kappa shape index (κ1) is 12.2. The molecule has 0 saturated heterocycles. The Bertz CT molecular complexity index is 372. The summed E-state index contributed by atoms with van der Waals surface area (Å²) in [6, 6.07) is 7.34. The van der Waals surface area contributed by atoms with Crippen LogP contribution in [0.4, 0.5) is 10.5 Å². The molecule has 6 heteroatoms. The molecule has 0 saturated carbocycles. The number of hydrogen-bond donors (Lipinski definition) is 1. The van der Waals surface area contributed by atoms with Gasteiger partial charge in [0, 0.05) is 5.69 Å². The Kier molecular flexibility index (Phi) is 4.77. The standard InChI is InChI=1S/C9H8Br2N2O2/c1-6-2-4-7(5-3-6)12-9(14)15-13-8(10)11/h2-5H,1H3,(H,12,14). The molecule has 0 aliphatic heterocycles. The largest absolute Gasteiger partial charge is 0.437 e. The van der Waals surface area contributed by atoms with E-state index in [1.165, 1.54) is 0 Å². The molecule has 15 heavy (non-hydrogen) atoms. The monoisotopic (exact) mass is 334 g/mol. The quantitative estimate of drug-likeness (QED) is 0.510. The lowest BCUT2D eigenvalue weighted by molar-refractivity contribution is 0.167. The lowest BCUT2D eigenvalue weighted by Crippen LogP contribution is -2.10. The molecule has 0 bridgehead atoms. The molecule has 4 nitrogen and oxygen atoms in total. The Balaban J connectivity index is 2.51. The second-order valence-corrected chi connectivity index (χ2v) is 5.27. The van der Waals surface area contributed by atoms with E-state index in [1.807, 2.05) is 19.1 Å². The molecule has 1 rings (SSSR count). The van der Waals surface area contributed by atoms with Gasteiger partial charge in [0.25, 0.3) is 0 Å². The third-order valence-corrected chi connectivity index (χ3v) is 1.79. The SMILES string of the molecule is Cc1ccc(NC(=O)ON=C(Br)Br)cc1. The Morgan fingerprint density at radius 1 is 1.33 bits per heavy atom. The molecular weight excluding hydrogens is 328 g/mol. The molecule has 0 unspecified atom stereocenters. The van der Waals surface area contributed by atoms with Crippen LogP contribution in [0, 0.1) is 6.92 Å². The summed E-state index contributed by atoms with van der Waals surface area (Å²) in [4.78, 5) is 15.6. The van der Waals surface area contributed by atoms with Gasteiger partial charge in [-0.2, -0.15) is 0 Å². The molecule has 0 aliphatic rings. The maximum atomic E-state index is 11.1. The average Bonchev–Trinajstić information content (AvgIpc) is 2.19. The minimum Gasteiger partial charge on any atom is -0.296 e. The van der Waals surface area contributed by atoms with Crippen molar-refractivity contribution >= 4 is 47.2 Å². The first-order valence-corrected chi connectivity index (χ1v) is 5.60. The molecule has 0 aliphatic carbocycles. The van der Waals surface area contributed by atoms with E-state index in [-0.39, 0.29) is 0 Å². The van der Waals surface area contributed by atoms with Crippen molar-refractivity contribution in [3.05, 3.63) is 29.8 Å². The molecule has 1 N–H and O–H groups in total. The van der Waals surface area contributed by atoms with E-state index in [2.05, 4.69) is 47.2 Å². The van der Waals surface area contributed by atoms with Crippen LogP contribution in [-0.2, 0) is 4.84 Å². The number of halogens is 2. The number of carbonyl (C=O) groups excluding carboxylic acids is 1. The van der Waals surface area contributed by atoms with E-state index in [9.17, 15) is 4.79 Å². The predicted molar refractivity (Wildman–Crippen MR) is 66.6 cm³/mol.